The van der Waals surface area contributed by atoms with Crippen LogP contribution in [-0.2, 0) is 10.4 Å². The molecule has 1 aliphatic heterocycles. The largest absolute Gasteiger partial charge is 0.382 e. The lowest BCUT2D eigenvalue weighted by atomic mass is 10.1. The van der Waals surface area contributed by atoms with Gasteiger partial charge >= 0.3 is 0 Å². The number of nitrogen functional groups attached to an aromatic ring is 1. The van der Waals surface area contributed by atoms with Crippen LogP contribution in [0, 0.1) is 0 Å². The number of fused-ring (bicyclic) bond motifs is 1. The first-order chi connectivity index (χ1) is 16.8. The Morgan fingerprint density at radius 2 is 2.03 bits per heavy atom. The fourth-order valence-electron chi connectivity index (χ4n) is 3.92. The third kappa shape index (κ3) is 4.70. The summed E-state index contributed by atoms with van der Waals surface area (Å²) in [5.41, 5.74) is 5.12. The SMILES string of the molecule is Nc1nccn2c([C@H]3CNCCO3)nc(-c3ccc(C(=O)Nc4cc(C(F)(F)P)ccn4)cc3)c12. The Morgan fingerprint density at radius 1 is 1.23 bits per heavy atom. The zero-order valence-corrected chi connectivity index (χ0v) is 19.6. The van der Waals surface area contributed by atoms with Crippen LogP contribution in [0.15, 0.2) is 55.0 Å². The summed E-state index contributed by atoms with van der Waals surface area (Å²) in [5, 5.41) is 5.85. The molecule has 1 amide bonds. The Balaban J connectivity index is 1.43. The Hall–Kier alpha value is -3.53. The van der Waals surface area contributed by atoms with Crippen LogP contribution in [0.3, 0.4) is 0 Å². The number of rotatable bonds is 5. The highest BCUT2D eigenvalue weighted by Crippen LogP contribution is 2.35. The number of nitrogens with one attached hydrogen (secondary N) is 2. The molecule has 9 nitrogen and oxygen atoms in total. The third-order valence-electron chi connectivity index (χ3n) is 5.63. The van der Waals surface area contributed by atoms with Crippen molar-refractivity contribution in [3.8, 4) is 11.3 Å². The summed E-state index contributed by atoms with van der Waals surface area (Å²) in [6.45, 7) is 1.98. The molecule has 0 spiro atoms. The number of alkyl halides is 2. The van der Waals surface area contributed by atoms with E-state index in [0.717, 1.165) is 18.2 Å². The maximum atomic E-state index is 13.6. The number of amides is 1. The normalized spacial score (nSPS) is 16.4. The molecule has 180 valence electrons. The van der Waals surface area contributed by atoms with Crippen molar-refractivity contribution in [3.05, 3.63) is 71.9 Å². The summed E-state index contributed by atoms with van der Waals surface area (Å²) in [4.78, 5) is 25.6. The molecular formula is C23H22F2N7O2P. The second kappa shape index (κ2) is 9.26. The van der Waals surface area contributed by atoms with E-state index in [2.05, 4.69) is 20.6 Å². The van der Waals surface area contributed by atoms with E-state index in [1.54, 1.807) is 36.7 Å². The molecule has 0 aliphatic carbocycles. The lowest BCUT2D eigenvalue weighted by Crippen LogP contribution is -2.34. The number of pyridine rings is 1. The average Bonchev–Trinajstić information content (AvgIpc) is 3.25. The smallest absolute Gasteiger partial charge is 0.284 e. The van der Waals surface area contributed by atoms with Crippen molar-refractivity contribution in [1.82, 2.24) is 24.7 Å². The Morgan fingerprint density at radius 3 is 2.74 bits per heavy atom. The average molecular weight is 497 g/mol. The van der Waals surface area contributed by atoms with Crippen LogP contribution in [0.2, 0.25) is 0 Å². The quantitative estimate of drug-likeness (QED) is 0.362. The number of anilines is 2. The molecule has 4 heterocycles. The van der Waals surface area contributed by atoms with E-state index in [-0.39, 0.29) is 17.5 Å². The molecule has 1 saturated heterocycles. The molecule has 12 heteroatoms. The minimum absolute atomic E-state index is 0.0309. The maximum Gasteiger partial charge on any atom is 0.284 e. The number of carbonyl (C=O) groups is 1. The van der Waals surface area contributed by atoms with Gasteiger partial charge in [0, 0.05) is 48.4 Å². The number of carbonyl (C=O) groups excluding carboxylic acids is 1. The van der Waals surface area contributed by atoms with Gasteiger partial charge in [0.2, 0.25) is 0 Å². The number of nitrogens with zero attached hydrogens (tertiary/aromatic N) is 4. The number of benzene rings is 1. The van der Waals surface area contributed by atoms with Crippen molar-refractivity contribution in [2.45, 2.75) is 11.8 Å². The van der Waals surface area contributed by atoms with E-state index in [1.165, 1.54) is 21.5 Å². The number of ether oxygens (including phenoxy) is 1. The van der Waals surface area contributed by atoms with Gasteiger partial charge in [0.1, 0.15) is 34.8 Å². The minimum atomic E-state index is -3.12. The topological polar surface area (TPSA) is 119 Å². The highest BCUT2D eigenvalue weighted by molar-refractivity contribution is 7.17. The summed E-state index contributed by atoms with van der Waals surface area (Å²) in [5.74, 6) is 0.577. The molecule has 1 unspecified atom stereocenters. The molecular weight excluding hydrogens is 475 g/mol. The number of nitrogens with two attached hydrogens (primary N) is 1. The van der Waals surface area contributed by atoms with E-state index in [4.69, 9.17) is 15.5 Å². The monoisotopic (exact) mass is 497 g/mol. The van der Waals surface area contributed by atoms with Gasteiger partial charge in [0.25, 0.3) is 11.6 Å². The number of aromatic nitrogens is 4. The van der Waals surface area contributed by atoms with Gasteiger partial charge in [-0.3, -0.25) is 9.20 Å². The van der Waals surface area contributed by atoms with Crippen LogP contribution in [0.4, 0.5) is 20.4 Å². The van der Waals surface area contributed by atoms with Gasteiger partial charge in [-0.1, -0.05) is 21.4 Å². The van der Waals surface area contributed by atoms with Gasteiger partial charge in [-0.05, 0) is 24.3 Å². The second-order valence-electron chi connectivity index (χ2n) is 8.00. The van der Waals surface area contributed by atoms with Crippen LogP contribution in [-0.4, -0.2) is 45.0 Å². The molecule has 1 aromatic carbocycles. The predicted octanol–water partition coefficient (Wildman–Crippen LogP) is 3.21. The van der Waals surface area contributed by atoms with Gasteiger partial charge in [-0.15, -0.1) is 0 Å². The number of hydrogen-bond donors (Lipinski definition) is 3. The number of halogens is 2. The number of imidazole rings is 1. The summed E-state index contributed by atoms with van der Waals surface area (Å²) in [7, 11) is 1.46. The van der Waals surface area contributed by atoms with Crippen molar-refractivity contribution < 1.29 is 18.3 Å². The van der Waals surface area contributed by atoms with E-state index >= 15 is 0 Å². The lowest BCUT2D eigenvalue weighted by Gasteiger charge is -2.22. The van der Waals surface area contributed by atoms with E-state index in [0.29, 0.717) is 41.6 Å². The van der Waals surface area contributed by atoms with Crippen LogP contribution >= 0.6 is 9.24 Å². The van der Waals surface area contributed by atoms with Crippen molar-refractivity contribution in [2.75, 3.05) is 30.7 Å². The van der Waals surface area contributed by atoms with Crippen molar-refractivity contribution in [3.63, 3.8) is 0 Å². The van der Waals surface area contributed by atoms with Gasteiger partial charge < -0.3 is 21.1 Å². The number of morpholine rings is 1. The fourth-order valence-corrected chi connectivity index (χ4v) is 4.10. The van der Waals surface area contributed by atoms with Crippen LogP contribution in [0.5, 0.6) is 0 Å². The Labute approximate surface area is 201 Å². The lowest BCUT2D eigenvalue weighted by molar-refractivity contribution is 0.0218. The molecule has 2 atom stereocenters. The van der Waals surface area contributed by atoms with E-state index < -0.39 is 11.6 Å². The van der Waals surface area contributed by atoms with Crippen molar-refractivity contribution in [2.24, 2.45) is 0 Å². The summed E-state index contributed by atoms with van der Waals surface area (Å²) >= 11 is 0. The molecule has 35 heavy (non-hydrogen) atoms. The van der Waals surface area contributed by atoms with Crippen LogP contribution < -0.4 is 16.4 Å². The highest BCUT2D eigenvalue weighted by atomic mass is 31.0. The highest BCUT2D eigenvalue weighted by Gasteiger charge is 2.26. The predicted molar refractivity (Wildman–Crippen MR) is 130 cm³/mol. The van der Waals surface area contributed by atoms with Crippen LogP contribution in [0.25, 0.3) is 16.8 Å². The summed E-state index contributed by atoms with van der Waals surface area (Å²) < 4.78 is 34.9. The third-order valence-corrected chi connectivity index (χ3v) is 5.97. The molecule has 0 radical (unpaired) electrons. The Bertz CT molecular complexity index is 1380. The number of hydrogen-bond acceptors (Lipinski definition) is 7. The molecule has 0 saturated carbocycles. The second-order valence-corrected chi connectivity index (χ2v) is 8.72. The van der Waals surface area contributed by atoms with Crippen molar-refractivity contribution in [1.29, 1.82) is 0 Å². The molecule has 0 bridgehead atoms. The van der Waals surface area contributed by atoms with Gasteiger partial charge in [0.05, 0.1) is 6.61 Å². The first-order valence-electron chi connectivity index (χ1n) is 10.8. The standard InChI is InChI=1S/C23H22F2N7O2P/c24-23(25,35)15-5-6-28-17(11-15)30-22(33)14-3-1-13(2-4-14)18-19-20(26)29-7-9-32(19)21(31-18)16-12-27-8-10-34-16/h1-7,9,11,16,27H,8,10,12,35H2,(H2,26,29)(H,28,30,33)/t16-/m1/s1. The minimum Gasteiger partial charge on any atom is -0.382 e. The van der Waals surface area contributed by atoms with Crippen LogP contribution in [0.1, 0.15) is 27.8 Å². The molecule has 4 aromatic rings. The zero-order valence-electron chi connectivity index (χ0n) is 18.4. The summed E-state index contributed by atoms with van der Waals surface area (Å²) in [6, 6.07) is 9.05. The fraction of sp³-hybridized carbons (Fsp3) is 0.217. The first kappa shape index (κ1) is 23.2. The van der Waals surface area contributed by atoms with Gasteiger partial charge in [-0.25, -0.2) is 15.0 Å². The van der Waals surface area contributed by atoms with Crippen molar-refractivity contribution >= 4 is 32.3 Å². The van der Waals surface area contributed by atoms with E-state index in [9.17, 15) is 13.6 Å². The molecule has 1 aliphatic rings. The van der Waals surface area contributed by atoms with Gasteiger partial charge in [0.15, 0.2) is 0 Å². The first-order valence-corrected chi connectivity index (χ1v) is 11.4. The van der Waals surface area contributed by atoms with Gasteiger partial charge in [-0.2, -0.15) is 8.78 Å². The maximum absolute atomic E-state index is 13.6. The summed E-state index contributed by atoms with van der Waals surface area (Å²) in [6.07, 6.45) is 4.37. The molecule has 5 rings (SSSR count). The molecule has 1 fully saturated rings. The van der Waals surface area contributed by atoms with E-state index in [1.807, 2.05) is 4.40 Å². The molecule has 4 N–H and O–H groups in total. The zero-order chi connectivity index (χ0) is 24.6. The molecule has 3 aromatic heterocycles. The Kier molecular flexibility index (Phi) is 6.14.